The molecule has 0 bridgehead atoms. The molecule has 3 heterocycles. The summed E-state index contributed by atoms with van der Waals surface area (Å²) in [6, 6.07) is 0.494. The Bertz CT molecular complexity index is 747. The van der Waals surface area contributed by atoms with Crippen molar-refractivity contribution in [3.8, 4) is 0 Å². The maximum absolute atomic E-state index is 6.14. The number of halogens is 1. The molecule has 2 aliphatic heterocycles. The summed E-state index contributed by atoms with van der Waals surface area (Å²) in [7, 11) is 0. The van der Waals surface area contributed by atoms with Crippen molar-refractivity contribution in [3.63, 3.8) is 0 Å². The van der Waals surface area contributed by atoms with Crippen molar-refractivity contribution in [1.29, 1.82) is 0 Å². The van der Waals surface area contributed by atoms with Gasteiger partial charge in [0.1, 0.15) is 0 Å². The average molecular weight is 466 g/mol. The molecular weight excluding hydrogens is 434 g/mol. The van der Waals surface area contributed by atoms with Crippen LogP contribution in [0.4, 0.5) is 5.95 Å². The highest BCUT2D eigenvalue weighted by molar-refractivity contribution is 9.15. The van der Waals surface area contributed by atoms with Gasteiger partial charge < -0.3 is 26.7 Å². The summed E-state index contributed by atoms with van der Waals surface area (Å²) in [6.45, 7) is 14.9. The highest BCUT2D eigenvalue weighted by Crippen LogP contribution is 2.19. The molecule has 1 fully saturated rings. The van der Waals surface area contributed by atoms with E-state index in [-0.39, 0.29) is 0 Å². The fraction of sp³-hybridized carbons (Fsp3) is 0.474. The topological polar surface area (TPSA) is 108 Å². The number of nitrogens with one attached hydrogen (secondary N) is 4. The maximum Gasteiger partial charge on any atom is 0.247 e. The van der Waals surface area contributed by atoms with Crippen LogP contribution in [0.15, 0.2) is 37.0 Å². The summed E-state index contributed by atoms with van der Waals surface area (Å²) in [6.07, 6.45) is 7.69. The predicted octanol–water partition coefficient (Wildman–Crippen LogP) is 1.99. The monoisotopic (exact) mass is 465 g/mol. The van der Waals surface area contributed by atoms with Gasteiger partial charge in [-0.15, -0.1) is 5.10 Å². The Morgan fingerprint density at radius 1 is 1.41 bits per heavy atom. The number of rotatable bonds is 8. The number of nitrogens with zero attached hydrogens (tertiary/aromatic N) is 4. The molecule has 1 aromatic rings. The van der Waals surface area contributed by atoms with Gasteiger partial charge in [0.25, 0.3) is 0 Å². The minimum Gasteiger partial charge on any atom is -0.399 e. The van der Waals surface area contributed by atoms with Gasteiger partial charge >= 0.3 is 0 Å². The lowest BCUT2D eigenvalue weighted by atomic mass is 10.1. The molecule has 10 heteroatoms. The summed E-state index contributed by atoms with van der Waals surface area (Å²) < 4.78 is 2.20. The number of piperidine rings is 1. The molecule has 1 saturated heterocycles. The Hall–Kier alpha value is -2.30. The molecule has 3 rings (SSSR count). The van der Waals surface area contributed by atoms with Gasteiger partial charge in [-0.2, -0.15) is 4.98 Å². The smallest absolute Gasteiger partial charge is 0.247 e. The van der Waals surface area contributed by atoms with Crippen LogP contribution in [0.3, 0.4) is 0 Å². The van der Waals surface area contributed by atoms with E-state index in [4.69, 9.17) is 5.73 Å². The second-order valence-corrected chi connectivity index (χ2v) is 7.40. The zero-order chi connectivity index (χ0) is 21.2. The van der Waals surface area contributed by atoms with Crippen LogP contribution in [0.25, 0.3) is 10.7 Å². The molecule has 0 unspecified atom stereocenters. The molecule has 0 spiro atoms. The maximum atomic E-state index is 6.14. The molecule has 0 atom stereocenters. The molecule has 0 saturated carbocycles. The molecule has 6 N–H and O–H groups in total. The predicted molar refractivity (Wildman–Crippen MR) is 123 cm³/mol. The third-order valence-electron chi connectivity index (χ3n) is 4.30. The Morgan fingerprint density at radius 3 is 2.76 bits per heavy atom. The summed E-state index contributed by atoms with van der Waals surface area (Å²) in [4.78, 5) is 4.40. The van der Waals surface area contributed by atoms with Crippen molar-refractivity contribution in [3.05, 3.63) is 42.8 Å². The van der Waals surface area contributed by atoms with Crippen LogP contribution in [-0.4, -0.2) is 52.0 Å². The first-order chi connectivity index (χ1) is 14.0. The lowest BCUT2D eigenvalue weighted by Crippen LogP contribution is -2.38. The summed E-state index contributed by atoms with van der Waals surface area (Å²) in [5.74, 6) is 1.09. The van der Waals surface area contributed by atoms with Crippen molar-refractivity contribution in [2.45, 2.75) is 32.7 Å². The number of nitrogens with two attached hydrogens (primary N) is 1. The van der Waals surface area contributed by atoms with E-state index >= 15 is 0 Å². The van der Waals surface area contributed by atoms with Gasteiger partial charge in [0.2, 0.25) is 5.95 Å². The minimum absolute atomic E-state index is 0.483. The first kappa shape index (κ1) is 23.0. The van der Waals surface area contributed by atoms with E-state index in [9.17, 15) is 0 Å². The molecule has 2 aliphatic rings. The highest BCUT2D eigenvalue weighted by atomic mass is 79.9. The number of aromatic nitrogens is 3. The summed E-state index contributed by atoms with van der Waals surface area (Å²) in [5.41, 5.74) is 11.1. The second kappa shape index (κ2) is 11.6. The molecule has 0 radical (unpaired) electrons. The van der Waals surface area contributed by atoms with Crippen molar-refractivity contribution >= 4 is 32.6 Å². The molecule has 0 aliphatic carbocycles. The van der Waals surface area contributed by atoms with Crippen molar-refractivity contribution in [2.75, 3.05) is 31.5 Å². The third kappa shape index (κ3) is 6.91. The van der Waals surface area contributed by atoms with E-state index in [0.29, 0.717) is 35.4 Å². The van der Waals surface area contributed by atoms with E-state index in [1.807, 2.05) is 31.3 Å². The lowest BCUT2D eigenvalue weighted by Gasteiger charge is -2.23. The Balaban J connectivity index is 0.00000145. The van der Waals surface area contributed by atoms with E-state index in [1.54, 1.807) is 10.9 Å². The SMILES string of the molecule is C=Cn1nc(NC2=CN(C/C(N)=C/NC3CCNCC3)NC2)nc1C(=C)Br.CC. The van der Waals surface area contributed by atoms with Crippen LogP contribution in [0.2, 0.25) is 0 Å². The summed E-state index contributed by atoms with van der Waals surface area (Å²) >= 11 is 3.32. The van der Waals surface area contributed by atoms with Crippen LogP contribution < -0.4 is 27.1 Å². The first-order valence-electron chi connectivity index (χ1n) is 9.88. The molecule has 0 amide bonds. The van der Waals surface area contributed by atoms with Gasteiger partial charge in [-0.1, -0.05) is 27.0 Å². The fourth-order valence-electron chi connectivity index (χ4n) is 2.93. The van der Waals surface area contributed by atoms with Crippen molar-refractivity contribution in [2.24, 2.45) is 5.73 Å². The normalized spacial score (nSPS) is 17.3. The first-order valence-corrected chi connectivity index (χ1v) is 10.7. The number of hydrazine groups is 1. The number of anilines is 1. The average Bonchev–Trinajstić information content (AvgIpc) is 3.35. The quantitative estimate of drug-likeness (QED) is 0.396. The van der Waals surface area contributed by atoms with Crippen LogP contribution in [0.5, 0.6) is 0 Å². The van der Waals surface area contributed by atoms with Crippen LogP contribution in [-0.2, 0) is 0 Å². The van der Waals surface area contributed by atoms with E-state index in [1.165, 1.54) is 0 Å². The van der Waals surface area contributed by atoms with Crippen molar-refractivity contribution < 1.29 is 0 Å². The standard InChI is InChI=1S/C17H26BrN9.C2H6/c1-3-27-16(12(2)18)24-17(25-27)23-15-9-22-26(11-15)10-13(19)8-21-14-4-6-20-7-5-14;1-2/h3,8,11,14,20-22H,1-2,4-7,9-10,19H2,(H,23,25);1-2H3/b13-8-;. The van der Waals surface area contributed by atoms with Gasteiger partial charge in [0.15, 0.2) is 5.82 Å². The van der Waals surface area contributed by atoms with Crippen LogP contribution in [0, 0.1) is 0 Å². The molecule has 9 nitrogen and oxygen atoms in total. The molecule has 29 heavy (non-hydrogen) atoms. The third-order valence-corrected chi connectivity index (χ3v) is 4.65. The van der Waals surface area contributed by atoms with E-state index in [2.05, 4.69) is 60.5 Å². The van der Waals surface area contributed by atoms with Crippen LogP contribution >= 0.6 is 15.9 Å². The highest BCUT2D eigenvalue weighted by Gasteiger charge is 2.16. The zero-order valence-corrected chi connectivity index (χ0v) is 18.8. The largest absolute Gasteiger partial charge is 0.399 e. The Labute approximate surface area is 181 Å². The van der Waals surface area contributed by atoms with Gasteiger partial charge in [-0.3, -0.25) is 0 Å². The minimum atomic E-state index is 0.483. The molecule has 0 aromatic carbocycles. The van der Waals surface area contributed by atoms with E-state index < -0.39 is 0 Å². The zero-order valence-electron chi connectivity index (χ0n) is 17.2. The van der Waals surface area contributed by atoms with Gasteiger partial charge in [0, 0.05) is 30.3 Å². The fourth-order valence-corrected chi connectivity index (χ4v) is 3.20. The van der Waals surface area contributed by atoms with Gasteiger partial charge in [-0.25, -0.2) is 10.1 Å². The molecule has 1 aromatic heterocycles. The number of hydrogen-bond acceptors (Lipinski definition) is 8. The summed E-state index contributed by atoms with van der Waals surface area (Å²) in [5, 5.41) is 16.2. The number of hydrogen-bond donors (Lipinski definition) is 5. The van der Waals surface area contributed by atoms with Crippen LogP contribution in [0.1, 0.15) is 32.5 Å². The lowest BCUT2D eigenvalue weighted by molar-refractivity contribution is 0.329. The van der Waals surface area contributed by atoms with Gasteiger partial charge in [-0.05, 0) is 41.9 Å². The molecule has 160 valence electrons. The Kier molecular flexibility index (Phi) is 9.23. The second-order valence-electron chi connectivity index (χ2n) is 6.44. The van der Waals surface area contributed by atoms with Gasteiger partial charge in [0.05, 0.1) is 23.3 Å². The molecular formula is C19H32BrN9. The van der Waals surface area contributed by atoms with E-state index in [0.717, 1.165) is 37.3 Å². The Morgan fingerprint density at radius 2 is 2.14 bits per heavy atom. The van der Waals surface area contributed by atoms with Crippen molar-refractivity contribution in [1.82, 2.24) is 35.8 Å².